The lowest BCUT2D eigenvalue weighted by Gasteiger charge is -2.33. The van der Waals surface area contributed by atoms with Crippen molar-refractivity contribution >= 4 is 5.91 Å². The van der Waals surface area contributed by atoms with E-state index in [4.69, 9.17) is 4.74 Å². The van der Waals surface area contributed by atoms with Gasteiger partial charge in [0.05, 0.1) is 0 Å². The van der Waals surface area contributed by atoms with Crippen molar-refractivity contribution in [3.63, 3.8) is 0 Å². The van der Waals surface area contributed by atoms with Crippen LogP contribution in [0.15, 0.2) is 18.3 Å². The van der Waals surface area contributed by atoms with Gasteiger partial charge in [0.2, 0.25) is 5.88 Å². The monoisotopic (exact) mass is 263 g/mol. The fourth-order valence-electron chi connectivity index (χ4n) is 2.32. The molecule has 2 heterocycles. The molecule has 0 spiro atoms. The maximum atomic E-state index is 12.3. The minimum absolute atomic E-state index is 0.0270. The van der Waals surface area contributed by atoms with Crippen molar-refractivity contribution in [2.24, 2.45) is 5.92 Å². The number of aromatic nitrogens is 1. The number of hydrogen-bond donors (Lipinski definition) is 0. The van der Waals surface area contributed by atoms with E-state index in [1.165, 1.54) is 0 Å². The van der Waals surface area contributed by atoms with Crippen LogP contribution < -0.4 is 4.74 Å². The highest BCUT2D eigenvalue weighted by atomic mass is 16.5. The predicted octanol–water partition coefficient (Wildman–Crippen LogP) is 1.11. The summed E-state index contributed by atoms with van der Waals surface area (Å²) in [6.07, 6.45) is 1.68. The summed E-state index contributed by atoms with van der Waals surface area (Å²) in [5, 5.41) is 0. The van der Waals surface area contributed by atoms with Gasteiger partial charge in [-0.2, -0.15) is 0 Å². The second-order valence-electron chi connectivity index (χ2n) is 5.44. The number of hydrogen-bond acceptors (Lipinski definition) is 4. The van der Waals surface area contributed by atoms with Gasteiger partial charge >= 0.3 is 0 Å². The van der Waals surface area contributed by atoms with E-state index in [-0.39, 0.29) is 17.9 Å². The van der Waals surface area contributed by atoms with Crippen LogP contribution in [0.2, 0.25) is 0 Å². The molecule has 104 valence electrons. The van der Waals surface area contributed by atoms with Gasteiger partial charge in [0, 0.05) is 32.3 Å². The zero-order chi connectivity index (χ0) is 14.0. The Morgan fingerprint density at radius 1 is 1.53 bits per heavy atom. The Labute approximate surface area is 114 Å². The molecule has 0 radical (unpaired) electrons. The lowest BCUT2D eigenvalue weighted by Crippen LogP contribution is -2.44. The van der Waals surface area contributed by atoms with Crippen molar-refractivity contribution in [2.75, 3.05) is 34.2 Å². The highest BCUT2D eigenvalue weighted by Gasteiger charge is 2.29. The molecule has 0 aliphatic carbocycles. The minimum Gasteiger partial charge on any atom is -0.472 e. The van der Waals surface area contributed by atoms with Crippen LogP contribution in [0.5, 0.6) is 5.88 Å². The van der Waals surface area contributed by atoms with Crippen molar-refractivity contribution in [3.05, 3.63) is 23.9 Å². The summed E-state index contributed by atoms with van der Waals surface area (Å²) >= 11 is 0. The molecule has 0 N–H and O–H groups in total. The number of rotatable bonds is 2. The van der Waals surface area contributed by atoms with E-state index in [1.54, 1.807) is 23.2 Å². The lowest BCUT2D eigenvalue weighted by molar-refractivity contribution is 0.0557. The van der Waals surface area contributed by atoms with E-state index >= 15 is 0 Å². The standard InChI is InChI=1S/C14H21N3O2/c1-10-8-17(4)14(18)11-6-5-7-15-13(11)19-12(10)9-16(2)3/h5-7,10,12H,8-9H2,1-4H3/t10-,12+/m0/s1. The van der Waals surface area contributed by atoms with E-state index in [0.717, 1.165) is 6.54 Å². The van der Waals surface area contributed by atoms with Gasteiger partial charge in [-0.25, -0.2) is 4.98 Å². The summed E-state index contributed by atoms with van der Waals surface area (Å²) in [5.41, 5.74) is 0.542. The van der Waals surface area contributed by atoms with E-state index < -0.39 is 0 Å². The second-order valence-corrected chi connectivity index (χ2v) is 5.44. The second kappa shape index (κ2) is 5.57. The first-order valence-corrected chi connectivity index (χ1v) is 6.51. The lowest BCUT2D eigenvalue weighted by atomic mass is 10.0. The molecule has 2 rings (SSSR count). The third-order valence-corrected chi connectivity index (χ3v) is 3.35. The smallest absolute Gasteiger partial charge is 0.259 e. The first-order valence-electron chi connectivity index (χ1n) is 6.51. The third-order valence-electron chi connectivity index (χ3n) is 3.35. The molecular weight excluding hydrogens is 242 g/mol. The first-order chi connectivity index (χ1) is 8.99. The van der Waals surface area contributed by atoms with E-state index in [0.29, 0.717) is 18.0 Å². The van der Waals surface area contributed by atoms with Crippen molar-refractivity contribution in [2.45, 2.75) is 13.0 Å². The quantitative estimate of drug-likeness (QED) is 0.802. The highest BCUT2D eigenvalue weighted by molar-refractivity contribution is 5.96. The van der Waals surface area contributed by atoms with Crippen LogP contribution in [-0.2, 0) is 0 Å². The average molecular weight is 263 g/mol. The molecule has 0 saturated heterocycles. The van der Waals surface area contributed by atoms with Crippen LogP contribution in [0.3, 0.4) is 0 Å². The Balaban J connectivity index is 2.34. The summed E-state index contributed by atoms with van der Waals surface area (Å²) in [4.78, 5) is 20.3. The molecule has 1 aliphatic heterocycles. The number of carbonyl (C=O) groups is 1. The summed E-state index contributed by atoms with van der Waals surface area (Å²) in [6, 6.07) is 3.53. The highest BCUT2D eigenvalue weighted by Crippen LogP contribution is 2.24. The van der Waals surface area contributed by atoms with Gasteiger partial charge in [0.15, 0.2) is 0 Å². The molecule has 1 aliphatic rings. The maximum absolute atomic E-state index is 12.3. The molecule has 1 aromatic rings. The maximum Gasteiger partial charge on any atom is 0.259 e. The Morgan fingerprint density at radius 3 is 2.95 bits per heavy atom. The zero-order valence-corrected chi connectivity index (χ0v) is 12.0. The van der Waals surface area contributed by atoms with Gasteiger partial charge in [0.1, 0.15) is 11.7 Å². The van der Waals surface area contributed by atoms with Gasteiger partial charge in [-0.15, -0.1) is 0 Å². The normalized spacial score (nSPS) is 23.6. The molecule has 5 heteroatoms. The third kappa shape index (κ3) is 3.04. The molecular formula is C14H21N3O2. The summed E-state index contributed by atoms with van der Waals surface area (Å²) in [6.45, 7) is 3.59. The summed E-state index contributed by atoms with van der Waals surface area (Å²) in [5.74, 6) is 0.669. The topological polar surface area (TPSA) is 45.7 Å². The van der Waals surface area contributed by atoms with Gasteiger partial charge in [-0.05, 0) is 26.2 Å². The van der Waals surface area contributed by atoms with E-state index in [9.17, 15) is 4.79 Å². The number of amides is 1. The molecule has 0 aromatic carbocycles. The number of nitrogens with zero attached hydrogens (tertiary/aromatic N) is 3. The molecule has 2 atom stereocenters. The minimum atomic E-state index is -0.0294. The molecule has 0 unspecified atom stereocenters. The van der Waals surface area contributed by atoms with Gasteiger partial charge in [-0.1, -0.05) is 6.92 Å². The molecule has 5 nitrogen and oxygen atoms in total. The van der Waals surface area contributed by atoms with E-state index in [2.05, 4.69) is 16.8 Å². The van der Waals surface area contributed by atoms with Gasteiger partial charge in [0.25, 0.3) is 5.91 Å². The zero-order valence-electron chi connectivity index (χ0n) is 12.0. The van der Waals surface area contributed by atoms with Crippen molar-refractivity contribution in [1.82, 2.24) is 14.8 Å². The van der Waals surface area contributed by atoms with Crippen LogP contribution in [-0.4, -0.2) is 61.0 Å². The van der Waals surface area contributed by atoms with Crippen LogP contribution in [0.4, 0.5) is 0 Å². The van der Waals surface area contributed by atoms with Gasteiger partial charge in [-0.3, -0.25) is 4.79 Å². The fourth-order valence-corrected chi connectivity index (χ4v) is 2.32. The van der Waals surface area contributed by atoms with Gasteiger partial charge < -0.3 is 14.5 Å². The van der Waals surface area contributed by atoms with Crippen molar-refractivity contribution < 1.29 is 9.53 Å². The molecule has 0 bridgehead atoms. The fraction of sp³-hybridized carbons (Fsp3) is 0.571. The van der Waals surface area contributed by atoms with Crippen molar-refractivity contribution in [1.29, 1.82) is 0 Å². The van der Waals surface area contributed by atoms with Crippen molar-refractivity contribution in [3.8, 4) is 5.88 Å². The number of ether oxygens (including phenoxy) is 1. The average Bonchev–Trinajstić information content (AvgIpc) is 2.36. The molecule has 1 aromatic heterocycles. The summed E-state index contributed by atoms with van der Waals surface area (Å²) < 4.78 is 5.98. The van der Waals surface area contributed by atoms with E-state index in [1.807, 2.05) is 21.1 Å². The Kier molecular flexibility index (Phi) is 4.04. The van der Waals surface area contributed by atoms with Crippen LogP contribution >= 0.6 is 0 Å². The summed E-state index contributed by atoms with van der Waals surface area (Å²) in [7, 11) is 5.86. The molecule has 19 heavy (non-hydrogen) atoms. The number of carbonyl (C=O) groups excluding carboxylic acids is 1. The number of fused-ring (bicyclic) bond motifs is 1. The molecule has 0 fully saturated rings. The first kappa shape index (κ1) is 13.8. The van der Waals surface area contributed by atoms with Crippen LogP contribution in [0.25, 0.3) is 0 Å². The number of pyridine rings is 1. The Bertz CT molecular complexity index is 462. The van der Waals surface area contributed by atoms with Crippen LogP contribution in [0, 0.1) is 5.92 Å². The number of likely N-dealkylation sites (N-methyl/N-ethyl adjacent to an activating group) is 1. The Hall–Kier alpha value is -1.62. The molecule has 1 amide bonds. The van der Waals surface area contributed by atoms with Crippen LogP contribution in [0.1, 0.15) is 17.3 Å². The Morgan fingerprint density at radius 2 is 2.26 bits per heavy atom. The predicted molar refractivity (Wildman–Crippen MR) is 73.3 cm³/mol. The SMILES string of the molecule is C[C@H]1CN(C)C(=O)c2cccnc2O[C@@H]1CN(C)C. The largest absolute Gasteiger partial charge is 0.472 e. The molecule has 0 saturated carbocycles.